The molecule has 7 heteroatoms. The SMILES string of the molecule is Cc1cc(N)c(C(=O)Nc2nnc(C)c(C)n2)cn1. The second-order valence-corrected chi connectivity index (χ2v) is 4.17. The lowest BCUT2D eigenvalue weighted by Crippen LogP contribution is -2.17. The summed E-state index contributed by atoms with van der Waals surface area (Å²) in [6.45, 7) is 5.39. The van der Waals surface area contributed by atoms with Crippen molar-refractivity contribution in [2.24, 2.45) is 0 Å². The Balaban J connectivity index is 2.23. The molecule has 19 heavy (non-hydrogen) atoms. The van der Waals surface area contributed by atoms with Gasteiger partial charge >= 0.3 is 0 Å². The van der Waals surface area contributed by atoms with Gasteiger partial charge < -0.3 is 5.73 Å². The van der Waals surface area contributed by atoms with Crippen molar-refractivity contribution in [3.05, 3.63) is 34.9 Å². The first-order valence-electron chi connectivity index (χ1n) is 5.69. The maximum absolute atomic E-state index is 12.0. The minimum absolute atomic E-state index is 0.146. The molecule has 0 saturated heterocycles. The average molecular weight is 258 g/mol. The standard InChI is InChI=1S/C12H14N6O/c1-6-4-10(13)9(5-14-6)11(19)16-12-15-7(2)8(3)17-18-12/h4-5H,1-3H3,(H2,13,14)(H,15,16,18,19). The predicted molar refractivity (Wildman–Crippen MR) is 70.6 cm³/mol. The van der Waals surface area contributed by atoms with Crippen LogP contribution >= 0.6 is 0 Å². The third-order valence-corrected chi connectivity index (χ3v) is 2.63. The van der Waals surface area contributed by atoms with Crippen LogP contribution in [0.3, 0.4) is 0 Å². The number of nitrogens with one attached hydrogen (secondary N) is 1. The van der Waals surface area contributed by atoms with Crippen molar-refractivity contribution in [1.29, 1.82) is 0 Å². The van der Waals surface area contributed by atoms with Crippen LogP contribution in [0.2, 0.25) is 0 Å². The van der Waals surface area contributed by atoms with Crippen molar-refractivity contribution < 1.29 is 4.79 Å². The molecular formula is C12H14N6O. The predicted octanol–water partition coefficient (Wildman–Crippen LogP) is 1.03. The molecule has 0 saturated carbocycles. The Kier molecular flexibility index (Phi) is 3.37. The van der Waals surface area contributed by atoms with Crippen molar-refractivity contribution in [3.8, 4) is 0 Å². The summed E-state index contributed by atoms with van der Waals surface area (Å²) in [7, 11) is 0. The van der Waals surface area contributed by atoms with Gasteiger partial charge in [0, 0.05) is 17.6 Å². The largest absolute Gasteiger partial charge is 0.398 e. The number of anilines is 2. The van der Waals surface area contributed by atoms with E-state index in [1.54, 1.807) is 26.8 Å². The number of nitrogen functional groups attached to an aromatic ring is 1. The Morgan fingerprint density at radius 3 is 2.58 bits per heavy atom. The highest BCUT2D eigenvalue weighted by Crippen LogP contribution is 2.13. The highest BCUT2D eigenvalue weighted by molar-refractivity contribution is 6.06. The molecule has 1 amide bonds. The summed E-state index contributed by atoms with van der Waals surface area (Å²) in [6.07, 6.45) is 1.43. The Bertz CT molecular complexity index is 640. The molecule has 2 rings (SSSR count). The van der Waals surface area contributed by atoms with Crippen LogP contribution in [0.25, 0.3) is 0 Å². The summed E-state index contributed by atoms with van der Waals surface area (Å²) in [4.78, 5) is 20.2. The maximum Gasteiger partial charge on any atom is 0.261 e. The highest BCUT2D eigenvalue weighted by Gasteiger charge is 2.12. The van der Waals surface area contributed by atoms with Gasteiger partial charge in [-0.2, -0.15) is 5.10 Å². The Labute approximate surface area is 110 Å². The molecule has 0 unspecified atom stereocenters. The van der Waals surface area contributed by atoms with E-state index in [2.05, 4.69) is 25.5 Å². The van der Waals surface area contributed by atoms with Gasteiger partial charge in [-0.15, -0.1) is 5.10 Å². The van der Waals surface area contributed by atoms with E-state index in [0.717, 1.165) is 11.4 Å². The molecule has 0 aromatic carbocycles. The molecule has 0 fully saturated rings. The van der Waals surface area contributed by atoms with Gasteiger partial charge in [-0.3, -0.25) is 15.1 Å². The lowest BCUT2D eigenvalue weighted by molar-refractivity contribution is 0.102. The molecule has 3 N–H and O–H groups in total. The molecule has 0 aliphatic carbocycles. The molecular weight excluding hydrogens is 244 g/mol. The zero-order chi connectivity index (χ0) is 14.0. The molecule has 0 aliphatic heterocycles. The van der Waals surface area contributed by atoms with E-state index in [1.807, 2.05) is 0 Å². The third kappa shape index (κ3) is 2.82. The smallest absolute Gasteiger partial charge is 0.261 e. The minimum Gasteiger partial charge on any atom is -0.398 e. The number of hydrogen-bond donors (Lipinski definition) is 2. The van der Waals surface area contributed by atoms with Gasteiger partial charge in [0.1, 0.15) is 0 Å². The van der Waals surface area contributed by atoms with Crippen molar-refractivity contribution in [3.63, 3.8) is 0 Å². The zero-order valence-corrected chi connectivity index (χ0v) is 10.9. The zero-order valence-electron chi connectivity index (χ0n) is 10.9. The number of aromatic nitrogens is 4. The van der Waals surface area contributed by atoms with E-state index in [4.69, 9.17) is 5.73 Å². The van der Waals surface area contributed by atoms with Gasteiger partial charge in [-0.05, 0) is 26.8 Å². The Morgan fingerprint density at radius 2 is 1.95 bits per heavy atom. The summed E-state index contributed by atoms with van der Waals surface area (Å²) >= 11 is 0. The van der Waals surface area contributed by atoms with Crippen molar-refractivity contribution in [2.75, 3.05) is 11.1 Å². The monoisotopic (exact) mass is 258 g/mol. The fourth-order valence-electron chi connectivity index (χ4n) is 1.45. The quantitative estimate of drug-likeness (QED) is 0.833. The normalized spacial score (nSPS) is 10.3. The summed E-state index contributed by atoms with van der Waals surface area (Å²) in [5.74, 6) is -0.261. The summed E-state index contributed by atoms with van der Waals surface area (Å²) in [5.41, 5.74) is 8.59. The number of amides is 1. The second-order valence-electron chi connectivity index (χ2n) is 4.17. The van der Waals surface area contributed by atoms with Crippen LogP contribution < -0.4 is 11.1 Å². The Morgan fingerprint density at radius 1 is 1.21 bits per heavy atom. The number of aryl methyl sites for hydroxylation is 3. The van der Waals surface area contributed by atoms with Crippen LogP contribution in [0.1, 0.15) is 27.4 Å². The van der Waals surface area contributed by atoms with Crippen LogP contribution in [0.5, 0.6) is 0 Å². The van der Waals surface area contributed by atoms with Gasteiger partial charge in [0.2, 0.25) is 5.95 Å². The maximum atomic E-state index is 12.0. The van der Waals surface area contributed by atoms with E-state index >= 15 is 0 Å². The van der Waals surface area contributed by atoms with Gasteiger partial charge in [-0.1, -0.05) is 0 Å². The fraction of sp³-hybridized carbons (Fsp3) is 0.250. The molecule has 7 nitrogen and oxygen atoms in total. The van der Waals surface area contributed by atoms with Crippen molar-refractivity contribution >= 4 is 17.5 Å². The summed E-state index contributed by atoms with van der Waals surface area (Å²) < 4.78 is 0. The van der Waals surface area contributed by atoms with Gasteiger partial charge in [0.15, 0.2) is 0 Å². The average Bonchev–Trinajstić information content (AvgIpc) is 2.33. The highest BCUT2D eigenvalue weighted by atomic mass is 16.1. The number of rotatable bonds is 2. The second kappa shape index (κ2) is 4.97. The van der Waals surface area contributed by atoms with Crippen LogP contribution in [0.4, 0.5) is 11.6 Å². The number of hydrogen-bond acceptors (Lipinski definition) is 6. The van der Waals surface area contributed by atoms with E-state index in [9.17, 15) is 4.79 Å². The number of nitrogens with zero attached hydrogens (tertiary/aromatic N) is 4. The van der Waals surface area contributed by atoms with Gasteiger partial charge in [0.05, 0.1) is 17.0 Å². The van der Waals surface area contributed by atoms with E-state index in [-0.39, 0.29) is 11.5 Å². The summed E-state index contributed by atoms with van der Waals surface area (Å²) in [5, 5.41) is 10.2. The molecule has 0 aliphatic rings. The van der Waals surface area contributed by atoms with Gasteiger partial charge in [0.25, 0.3) is 5.91 Å². The first-order valence-corrected chi connectivity index (χ1v) is 5.69. The first kappa shape index (κ1) is 12.9. The third-order valence-electron chi connectivity index (χ3n) is 2.63. The topological polar surface area (TPSA) is 107 Å². The summed E-state index contributed by atoms with van der Waals surface area (Å²) in [6, 6.07) is 1.63. The molecule has 0 spiro atoms. The molecule has 98 valence electrons. The fourth-order valence-corrected chi connectivity index (χ4v) is 1.45. The lowest BCUT2D eigenvalue weighted by Gasteiger charge is -2.07. The van der Waals surface area contributed by atoms with Crippen molar-refractivity contribution in [2.45, 2.75) is 20.8 Å². The number of carbonyl (C=O) groups is 1. The van der Waals surface area contributed by atoms with Crippen LogP contribution in [-0.4, -0.2) is 26.1 Å². The number of pyridine rings is 1. The number of nitrogens with two attached hydrogens (primary N) is 1. The van der Waals surface area contributed by atoms with E-state index in [1.165, 1.54) is 6.20 Å². The van der Waals surface area contributed by atoms with Crippen LogP contribution in [0.15, 0.2) is 12.3 Å². The van der Waals surface area contributed by atoms with E-state index in [0.29, 0.717) is 11.4 Å². The van der Waals surface area contributed by atoms with Crippen molar-refractivity contribution in [1.82, 2.24) is 20.2 Å². The van der Waals surface area contributed by atoms with Gasteiger partial charge in [-0.25, -0.2) is 4.98 Å². The number of carbonyl (C=O) groups excluding carboxylic acids is 1. The Hall–Kier alpha value is -2.57. The molecule has 0 radical (unpaired) electrons. The molecule has 2 heterocycles. The first-order chi connectivity index (χ1) is 8.97. The minimum atomic E-state index is -0.407. The van der Waals surface area contributed by atoms with Crippen LogP contribution in [0, 0.1) is 20.8 Å². The molecule has 2 aromatic rings. The van der Waals surface area contributed by atoms with Crippen LogP contribution in [-0.2, 0) is 0 Å². The molecule has 0 atom stereocenters. The molecule has 2 aromatic heterocycles. The molecule has 0 bridgehead atoms. The van der Waals surface area contributed by atoms with E-state index < -0.39 is 5.91 Å². The lowest BCUT2D eigenvalue weighted by atomic mass is 10.2.